The summed E-state index contributed by atoms with van der Waals surface area (Å²) in [6.45, 7) is 1.76. The quantitative estimate of drug-likeness (QED) is 0.673. The van der Waals surface area contributed by atoms with Gasteiger partial charge in [0, 0.05) is 38.3 Å². The first-order valence-corrected chi connectivity index (χ1v) is 10.1. The number of piperazine rings is 1. The second kappa shape index (κ2) is 10.4. The third kappa shape index (κ3) is 5.60. The van der Waals surface area contributed by atoms with Crippen LogP contribution in [0.4, 0.5) is 0 Å². The van der Waals surface area contributed by atoms with Crippen LogP contribution in [0.15, 0.2) is 48.6 Å². The molecule has 2 aromatic rings. The van der Waals surface area contributed by atoms with Crippen molar-refractivity contribution < 1.29 is 29.3 Å². The Morgan fingerprint density at radius 3 is 1.47 bits per heavy atom. The number of hydrogen-bond donors (Lipinski definition) is 2. The van der Waals surface area contributed by atoms with Crippen LogP contribution in [0.3, 0.4) is 0 Å². The van der Waals surface area contributed by atoms with Crippen molar-refractivity contribution in [2.45, 2.75) is 0 Å². The summed E-state index contributed by atoms with van der Waals surface area (Å²) in [6.07, 6.45) is 6.27. The number of methoxy groups -OCH3 is 2. The zero-order chi connectivity index (χ0) is 23.1. The number of carbonyl (C=O) groups is 2. The molecular formula is C24H26N2O6. The predicted molar refractivity (Wildman–Crippen MR) is 121 cm³/mol. The monoisotopic (exact) mass is 438 g/mol. The van der Waals surface area contributed by atoms with Crippen LogP contribution in [-0.4, -0.2) is 72.2 Å². The molecule has 2 N–H and O–H groups in total. The summed E-state index contributed by atoms with van der Waals surface area (Å²) in [6, 6.07) is 9.68. The fourth-order valence-corrected chi connectivity index (χ4v) is 3.29. The molecule has 0 aromatic heterocycles. The minimum Gasteiger partial charge on any atom is -0.504 e. The van der Waals surface area contributed by atoms with E-state index in [1.165, 1.54) is 38.5 Å². The van der Waals surface area contributed by atoms with E-state index in [4.69, 9.17) is 9.47 Å². The lowest BCUT2D eigenvalue weighted by molar-refractivity contribution is -0.133. The molecule has 8 heteroatoms. The van der Waals surface area contributed by atoms with E-state index < -0.39 is 0 Å². The Bertz CT molecular complexity index is 955. The van der Waals surface area contributed by atoms with Crippen molar-refractivity contribution in [2.75, 3.05) is 40.4 Å². The molecule has 2 aromatic carbocycles. The first-order chi connectivity index (χ1) is 15.4. The van der Waals surface area contributed by atoms with Gasteiger partial charge in [0.25, 0.3) is 0 Å². The van der Waals surface area contributed by atoms with Gasteiger partial charge in [0.05, 0.1) is 14.2 Å². The summed E-state index contributed by atoms with van der Waals surface area (Å²) in [5.74, 6) is 0.466. The predicted octanol–water partition coefficient (Wildman–Crippen LogP) is 2.51. The lowest BCUT2D eigenvalue weighted by Gasteiger charge is -2.33. The molecule has 0 atom stereocenters. The van der Waals surface area contributed by atoms with Crippen molar-refractivity contribution in [2.24, 2.45) is 0 Å². The first kappa shape index (κ1) is 22.7. The smallest absolute Gasteiger partial charge is 0.246 e. The Hall–Kier alpha value is -3.94. The van der Waals surface area contributed by atoms with Crippen LogP contribution < -0.4 is 9.47 Å². The number of rotatable bonds is 6. The molecule has 168 valence electrons. The molecule has 32 heavy (non-hydrogen) atoms. The molecular weight excluding hydrogens is 412 g/mol. The molecule has 1 aliphatic rings. The highest BCUT2D eigenvalue weighted by Crippen LogP contribution is 2.27. The maximum absolute atomic E-state index is 12.5. The number of aromatic hydroxyl groups is 2. The van der Waals surface area contributed by atoms with Gasteiger partial charge in [-0.15, -0.1) is 0 Å². The van der Waals surface area contributed by atoms with Crippen molar-refractivity contribution in [3.8, 4) is 23.0 Å². The number of ether oxygens (including phenoxy) is 2. The highest BCUT2D eigenvalue weighted by Gasteiger charge is 2.21. The van der Waals surface area contributed by atoms with E-state index in [9.17, 15) is 19.8 Å². The summed E-state index contributed by atoms with van der Waals surface area (Å²) >= 11 is 0. The molecule has 0 unspecified atom stereocenters. The van der Waals surface area contributed by atoms with Crippen LogP contribution in [0, 0.1) is 0 Å². The van der Waals surface area contributed by atoms with E-state index in [0.29, 0.717) is 37.7 Å². The van der Waals surface area contributed by atoms with E-state index >= 15 is 0 Å². The highest BCUT2D eigenvalue weighted by atomic mass is 16.5. The van der Waals surface area contributed by atoms with Gasteiger partial charge in [0.1, 0.15) is 0 Å². The molecule has 1 fully saturated rings. The highest BCUT2D eigenvalue weighted by molar-refractivity contribution is 5.93. The molecule has 8 nitrogen and oxygen atoms in total. The second-order valence-corrected chi connectivity index (χ2v) is 7.18. The van der Waals surface area contributed by atoms with Crippen LogP contribution in [0.5, 0.6) is 23.0 Å². The lowest BCUT2D eigenvalue weighted by atomic mass is 10.1. The minimum atomic E-state index is -0.143. The SMILES string of the molecule is COc1cc(C=CC(=O)N2CCN(C(=O)C=Cc3ccc(O)c(OC)c3)CC2)ccc1O. The van der Waals surface area contributed by atoms with Gasteiger partial charge in [-0.3, -0.25) is 9.59 Å². The fourth-order valence-electron chi connectivity index (χ4n) is 3.29. The molecule has 0 saturated carbocycles. The molecule has 0 bridgehead atoms. The van der Waals surface area contributed by atoms with Crippen molar-refractivity contribution in [3.05, 3.63) is 59.7 Å². The number of phenols is 2. The van der Waals surface area contributed by atoms with Crippen molar-refractivity contribution >= 4 is 24.0 Å². The average molecular weight is 438 g/mol. The molecule has 0 spiro atoms. The molecule has 1 saturated heterocycles. The van der Waals surface area contributed by atoms with E-state index in [-0.39, 0.29) is 23.3 Å². The molecule has 1 heterocycles. The van der Waals surface area contributed by atoms with Crippen molar-refractivity contribution in [3.63, 3.8) is 0 Å². The summed E-state index contributed by atoms with van der Waals surface area (Å²) in [7, 11) is 2.93. The number of phenolic OH excluding ortho intramolecular Hbond substituents is 2. The van der Waals surface area contributed by atoms with E-state index in [0.717, 1.165) is 11.1 Å². The summed E-state index contributed by atoms with van der Waals surface area (Å²) in [5.41, 5.74) is 1.47. The van der Waals surface area contributed by atoms with Crippen molar-refractivity contribution in [1.82, 2.24) is 9.80 Å². The van der Waals surface area contributed by atoms with Crippen LogP contribution in [0.25, 0.3) is 12.2 Å². The Labute approximate surface area is 186 Å². The second-order valence-electron chi connectivity index (χ2n) is 7.18. The van der Waals surface area contributed by atoms with Gasteiger partial charge in [-0.05, 0) is 47.5 Å². The normalized spacial score (nSPS) is 14.2. The van der Waals surface area contributed by atoms with Crippen LogP contribution in [-0.2, 0) is 9.59 Å². The summed E-state index contributed by atoms with van der Waals surface area (Å²) < 4.78 is 10.1. The van der Waals surface area contributed by atoms with Gasteiger partial charge >= 0.3 is 0 Å². The lowest BCUT2D eigenvalue weighted by Crippen LogP contribution is -2.49. The van der Waals surface area contributed by atoms with Gasteiger partial charge in [-0.25, -0.2) is 0 Å². The van der Waals surface area contributed by atoms with Gasteiger partial charge in [0.15, 0.2) is 23.0 Å². The number of hydrogen-bond acceptors (Lipinski definition) is 6. The number of amides is 2. The average Bonchev–Trinajstić information content (AvgIpc) is 2.82. The zero-order valence-electron chi connectivity index (χ0n) is 18.0. The van der Waals surface area contributed by atoms with Crippen LogP contribution in [0.2, 0.25) is 0 Å². The van der Waals surface area contributed by atoms with Gasteiger partial charge < -0.3 is 29.5 Å². The topological polar surface area (TPSA) is 99.5 Å². The number of carbonyl (C=O) groups excluding carboxylic acids is 2. The number of benzene rings is 2. The summed E-state index contributed by atoms with van der Waals surface area (Å²) in [4.78, 5) is 28.3. The van der Waals surface area contributed by atoms with E-state index in [1.54, 1.807) is 46.2 Å². The summed E-state index contributed by atoms with van der Waals surface area (Å²) in [5, 5.41) is 19.3. The van der Waals surface area contributed by atoms with Gasteiger partial charge in [-0.2, -0.15) is 0 Å². The molecule has 0 aliphatic carbocycles. The van der Waals surface area contributed by atoms with Gasteiger partial charge in [-0.1, -0.05) is 12.1 Å². The standard InChI is InChI=1S/C24H26N2O6/c1-31-21-15-17(3-7-19(21)27)5-9-23(29)25-11-13-26(14-12-25)24(30)10-6-18-4-8-20(28)22(16-18)32-2/h3-10,15-16,27-28H,11-14H2,1-2H3. The van der Waals surface area contributed by atoms with Crippen LogP contribution >= 0.6 is 0 Å². The Morgan fingerprint density at radius 1 is 0.750 bits per heavy atom. The van der Waals surface area contributed by atoms with E-state index in [1.807, 2.05) is 0 Å². The van der Waals surface area contributed by atoms with Crippen molar-refractivity contribution in [1.29, 1.82) is 0 Å². The molecule has 0 radical (unpaired) electrons. The third-order valence-electron chi connectivity index (χ3n) is 5.15. The fraction of sp³-hybridized carbons (Fsp3) is 0.250. The zero-order valence-corrected chi connectivity index (χ0v) is 18.0. The number of nitrogens with zero attached hydrogens (tertiary/aromatic N) is 2. The van der Waals surface area contributed by atoms with Crippen LogP contribution in [0.1, 0.15) is 11.1 Å². The largest absolute Gasteiger partial charge is 0.504 e. The van der Waals surface area contributed by atoms with Gasteiger partial charge in [0.2, 0.25) is 11.8 Å². The molecule has 3 rings (SSSR count). The maximum Gasteiger partial charge on any atom is 0.246 e. The maximum atomic E-state index is 12.5. The first-order valence-electron chi connectivity index (χ1n) is 10.1. The molecule has 1 aliphatic heterocycles. The minimum absolute atomic E-state index is 0.0374. The van der Waals surface area contributed by atoms with E-state index in [2.05, 4.69) is 0 Å². The Balaban J connectivity index is 1.53. The Kier molecular flexibility index (Phi) is 7.38. The third-order valence-corrected chi connectivity index (χ3v) is 5.15. The Morgan fingerprint density at radius 2 is 1.12 bits per heavy atom. The molecule has 2 amide bonds.